The predicted octanol–water partition coefficient (Wildman–Crippen LogP) is 2.65. The molecule has 2 heteroatoms. The van der Waals surface area contributed by atoms with Gasteiger partial charge in [-0.3, -0.25) is 4.79 Å². The van der Waals surface area contributed by atoms with Crippen molar-refractivity contribution in [1.82, 2.24) is 5.32 Å². The molecule has 0 amide bonds. The first kappa shape index (κ1) is 12.2. The van der Waals surface area contributed by atoms with E-state index in [1.54, 1.807) is 6.08 Å². The summed E-state index contributed by atoms with van der Waals surface area (Å²) in [5.41, 5.74) is 1.06. The van der Waals surface area contributed by atoms with Crippen LogP contribution in [-0.4, -0.2) is 11.8 Å². The third kappa shape index (κ3) is 5.45. The number of hydrogen-bond donors (Lipinski definition) is 1. The maximum Gasteiger partial charge on any atom is 0.157 e. The zero-order valence-corrected chi connectivity index (χ0v) is 9.18. The molecule has 0 saturated carbocycles. The Kier molecular flexibility index (Phi) is 6.29. The molecule has 0 radical (unpaired) electrons. The van der Waals surface area contributed by atoms with Gasteiger partial charge in [0, 0.05) is 18.2 Å². The molecule has 0 aromatic heterocycles. The molecule has 0 spiro atoms. The normalized spacial score (nSPS) is 14.0. The Bertz CT molecular complexity index is 185. The van der Waals surface area contributed by atoms with Gasteiger partial charge in [0.2, 0.25) is 0 Å². The van der Waals surface area contributed by atoms with Gasteiger partial charge >= 0.3 is 0 Å². The predicted molar refractivity (Wildman–Crippen MR) is 56.6 cm³/mol. The van der Waals surface area contributed by atoms with Crippen LogP contribution in [0.3, 0.4) is 0 Å². The molecule has 1 N–H and O–H groups in total. The van der Waals surface area contributed by atoms with E-state index in [-0.39, 0.29) is 5.78 Å². The molecule has 0 fully saturated rings. The molecule has 0 bridgehead atoms. The number of ketones is 1. The maximum absolute atomic E-state index is 11.1. The third-order valence-corrected chi connectivity index (χ3v) is 2.11. The smallest absolute Gasteiger partial charge is 0.157 e. The zero-order valence-electron chi connectivity index (χ0n) is 9.18. The highest BCUT2D eigenvalue weighted by Gasteiger charge is 2.01. The minimum Gasteiger partial charge on any atom is -0.386 e. The summed E-state index contributed by atoms with van der Waals surface area (Å²) in [6.45, 7) is 8.20. The van der Waals surface area contributed by atoms with Gasteiger partial charge in [-0.2, -0.15) is 0 Å². The lowest BCUT2D eigenvalue weighted by atomic mass is 10.2. The van der Waals surface area contributed by atoms with E-state index in [1.807, 2.05) is 6.92 Å². The van der Waals surface area contributed by atoms with Gasteiger partial charge < -0.3 is 5.32 Å². The molecule has 0 aromatic rings. The summed E-state index contributed by atoms with van der Waals surface area (Å²) < 4.78 is 0. The fourth-order valence-electron chi connectivity index (χ4n) is 0.961. The quantitative estimate of drug-likeness (QED) is 0.641. The average Bonchev–Trinajstić information content (AvgIpc) is 2.16. The topological polar surface area (TPSA) is 29.1 Å². The maximum atomic E-state index is 11.1. The molecule has 13 heavy (non-hydrogen) atoms. The first-order valence-corrected chi connectivity index (χ1v) is 5.13. The van der Waals surface area contributed by atoms with Crippen molar-refractivity contribution in [2.75, 3.05) is 0 Å². The van der Waals surface area contributed by atoms with Crippen molar-refractivity contribution in [3.8, 4) is 0 Å². The first-order chi connectivity index (χ1) is 6.13. The van der Waals surface area contributed by atoms with E-state index in [0.717, 1.165) is 18.5 Å². The van der Waals surface area contributed by atoms with Crippen molar-refractivity contribution in [2.24, 2.45) is 0 Å². The highest BCUT2D eigenvalue weighted by Crippen LogP contribution is 2.01. The summed E-state index contributed by atoms with van der Waals surface area (Å²) in [5, 5.41) is 3.32. The summed E-state index contributed by atoms with van der Waals surface area (Å²) in [5.74, 6) is 0.202. The minimum atomic E-state index is 0.202. The van der Waals surface area contributed by atoms with Gasteiger partial charge in [0.1, 0.15) is 0 Å². The number of carbonyl (C=O) groups is 1. The lowest BCUT2D eigenvalue weighted by Crippen LogP contribution is -2.24. The fourth-order valence-corrected chi connectivity index (χ4v) is 0.961. The standard InChI is InChI=1S/C11H21NO/c1-5-9(4)12-10(6-2)8-11(13)7-3/h8-9,12H,5-7H2,1-4H3. The Morgan fingerprint density at radius 1 is 1.31 bits per heavy atom. The van der Waals surface area contributed by atoms with E-state index in [1.165, 1.54) is 0 Å². The van der Waals surface area contributed by atoms with Crippen LogP contribution in [0, 0.1) is 0 Å². The Morgan fingerprint density at radius 2 is 1.92 bits per heavy atom. The molecule has 0 rings (SSSR count). The van der Waals surface area contributed by atoms with E-state index >= 15 is 0 Å². The van der Waals surface area contributed by atoms with Crippen LogP contribution in [0.15, 0.2) is 11.8 Å². The number of carbonyl (C=O) groups excluding carboxylic acids is 1. The van der Waals surface area contributed by atoms with Crippen LogP contribution in [0.1, 0.15) is 47.0 Å². The van der Waals surface area contributed by atoms with E-state index in [9.17, 15) is 4.79 Å². The van der Waals surface area contributed by atoms with Gasteiger partial charge in [-0.05, 0) is 25.8 Å². The van der Waals surface area contributed by atoms with Crippen molar-refractivity contribution in [3.05, 3.63) is 11.8 Å². The molecule has 2 nitrogen and oxygen atoms in total. The number of rotatable bonds is 6. The first-order valence-electron chi connectivity index (χ1n) is 5.13. The zero-order chi connectivity index (χ0) is 10.3. The van der Waals surface area contributed by atoms with Gasteiger partial charge in [0.15, 0.2) is 5.78 Å². The Morgan fingerprint density at radius 3 is 2.31 bits per heavy atom. The van der Waals surface area contributed by atoms with Gasteiger partial charge in [0.05, 0.1) is 0 Å². The van der Waals surface area contributed by atoms with Crippen molar-refractivity contribution in [1.29, 1.82) is 0 Å². The van der Waals surface area contributed by atoms with Crippen LogP contribution >= 0.6 is 0 Å². The lowest BCUT2D eigenvalue weighted by Gasteiger charge is -2.14. The molecule has 0 saturated heterocycles. The summed E-state index contributed by atoms with van der Waals surface area (Å²) in [6.07, 6.45) is 4.30. The van der Waals surface area contributed by atoms with Gasteiger partial charge in [0.25, 0.3) is 0 Å². The summed E-state index contributed by atoms with van der Waals surface area (Å²) >= 11 is 0. The molecule has 0 aliphatic carbocycles. The molecular weight excluding hydrogens is 162 g/mol. The van der Waals surface area contributed by atoms with Crippen LogP contribution in [-0.2, 0) is 4.79 Å². The van der Waals surface area contributed by atoms with E-state index in [4.69, 9.17) is 0 Å². The van der Waals surface area contributed by atoms with E-state index < -0.39 is 0 Å². The molecule has 1 atom stereocenters. The Labute approximate surface area is 81.4 Å². The van der Waals surface area contributed by atoms with Gasteiger partial charge in [-0.15, -0.1) is 0 Å². The summed E-state index contributed by atoms with van der Waals surface area (Å²) in [4.78, 5) is 11.1. The molecule has 0 aliphatic heterocycles. The largest absolute Gasteiger partial charge is 0.386 e. The van der Waals surface area contributed by atoms with Crippen LogP contribution in [0.4, 0.5) is 0 Å². The number of nitrogens with one attached hydrogen (secondary N) is 1. The SMILES string of the molecule is CCC(=O)C=C(CC)NC(C)CC. The van der Waals surface area contributed by atoms with Crippen molar-refractivity contribution in [3.63, 3.8) is 0 Å². The van der Waals surface area contributed by atoms with Gasteiger partial charge in [-0.1, -0.05) is 20.8 Å². The highest BCUT2D eigenvalue weighted by molar-refractivity contribution is 5.89. The minimum absolute atomic E-state index is 0.202. The second-order valence-electron chi connectivity index (χ2n) is 3.30. The van der Waals surface area contributed by atoms with Crippen LogP contribution in [0.5, 0.6) is 0 Å². The Hall–Kier alpha value is -0.790. The lowest BCUT2D eigenvalue weighted by molar-refractivity contribution is -0.114. The second-order valence-corrected chi connectivity index (χ2v) is 3.30. The highest BCUT2D eigenvalue weighted by atomic mass is 16.1. The Balaban J connectivity index is 4.16. The van der Waals surface area contributed by atoms with Crippen LogP contribution in [0.2, 0.25) is 0 Å². The van der Waals surface area contributed by atoms with Gasteiger partial charge in [-0.25, -0.2) is 0 Å². The molecule has 0 aliphatic rings. The summed E-state index contributed by atoms with van der Waals surface area (Å²) in [7, 11) is 0. The number of allylic oxidation sites excluding steroid dienone is 2. The van der Waals surface area contributed by atoms with Crippen LogP contribution in [0.25, 0.3) is 0 Å². The molecule has 0 aromatic carbocycles. The van der Waals surface area contributed by atoms with Crippen molar-refractivity contribution < 1.29 is 4.79 Å². The fraction of sp³-hybridized carbons (Fsp3) is 0.727. The van der Waals surface area contributed by atoms with Crippen molar-refractivity contribution >= 4 is 5.78 Å². The molecule has 0 heterocycles. The average molecular weight is 183 g/mol. The van der Waals surface area contributed by atoms with Crippen LogP contribution < -0.4 is 5.32 Å². The monoisotopic (exact) mass is 183 g/mol. The summed E-state index contributed by atoms with van der Waals surface area (Å²) in [6, 6.07) is 0.454. The third-order valence-electron chi connectivity index (χ3n) is 2.11. The molecular formula is C11H21NO. The van der Waals surface area contributed by atoms with Crippen molar-refractivity contribution in [2.45, 2.75) is 53.0 Å². The second kappa shape index (κ2) is 6.70. The molecule has 1 unspecified atom stereocenters. The van der Waals surface area contributed by atoms with E-state index in [0.29, 0.717) is 12.5 Å². The molecule has 76 valence electrons. The number of hydrogen-bond acceptors (Lipinski definition) is 2. The van der Waals surface area contributed by atoms with E-state index in [2.05, 4.69) is 26.1 Å².